The third-order valence-electron chi connectivity index (χ3n) is 2.78. The summed E-state index contributed by atoms with van der Waals surface area (Å²) in [7, 11) is 0. The second kappa shape index (κ2) is 8.68. The van der Waals surface area contributed by atoms with E-state index in [1.54, 1.807) is 0 Å². The van der Waals surface area contributed by atoms with E-state index in [4.69, 9.17) is 4.74 Å². The van der Waals surface area contributed by atoms with Gasteiger partial charge in [0.25, 0.3) is 0 Å². The lowest BCUT2D eigenvalue weighted by molar-refractivity contribution is 0.0493. The van der Waals surface area contributed by atoms with Crippen molar-refractivity contribution in [3.05, 3.63) is 15.1 Å². The van der Waals surface area contributed by atoms with Crippen molar-refractivity contribution in [2.24, 2.45) is 0 Å². The molecule has 1 N–H and O–H groups in total. The van der Waals surface area contributed by atoms with E-state index in [1.807, 2.05) is 13.8 Å². The molecule has 0 fully saturated rings. The van der Waals surface area contributed by atoms with Crippen LogP contribution in [0.5, 0.6) is 0 Å². The van der Waals surface area contributed by atoms with Crippen LogP contribution >= 0.6 is 22.6 Å². The van der Waals surface area contributed by atoms with Crippen molar-refractivity contribution in [2.45, 2.75) is 53.1 Å². The van der Waals surface area contributed by atoms with Gasteiger partial charge in [0.1, 0.15) is 11.9 Å². The van der Waals surface area contributed by atoms with Crippen LogP contribution < -0.4 is 5.32 Å². The number of aryl methyl sites for hydroxylation is 1. The van der Waals surface area contributed by atoms with E-state index in [-0.39, 0.29) is 6.10 Å². The quantitative estimate of drug-likeness (QED) is 0.694. The normalized spacial score (nSPS) is 12.5. The molecule has 1 atom stereocenters. The minimum absolute atomic E-state index is 0.00729. The largest absolute Gasteiger partial charge is 0.371 e. The van der Waals surface area contributed by atoms with Gasteiger partial charge in [-0.15, -0.1) is 0 Å². The minimum Gasteiger partial charge on any atom is -0.371 e. The van der Waals surface area contributed by atoms with Gasteiger partial charge in [0.05, 0.1) is 9.26 Å². The Bertz CT molecular complexity index is 393. The number of halogens is 1. The number of nitrogens with zero attached hydrogens (tertiary/aromatic N) is 2. The molecule has 1 aromatic rings. The molecule has 4 nitrogen and oxygen atoms in total. The molecular formula is C14H24IN3O. The highest BCUT2D eigenvalue weighted by atomic mass is 127. The summed E-state index contributed by atoms with van der Waals surface area (Å²) in [4.78, 5) is 9.25. The lowest BCUT2D eigenvalue weighted by Gasteiger charge is -2.17. The van der Waals surface area contributed by atoms with Crippen LogP contribution in [-0.4, -0.2) is 23.1 Å². The standard InChI is InChI=1S/C14H24IN3O/c1-5-8-11(19-7-3)13-17-10(4)12(15)14(18-13)16-9-6-2/h11H,5-9H2,1-4H3,(H,16,17,18). The van der Waals surface area contributed by atoms with Crippen molar-refractivity contribution < 1.29 is 4.74 Å². The first-order valence-electron chi connectivity index (χ1n) is 7.03. The maximum Gasteiger partial charge on any atom is 0.159 e. The molecule has 0 aliphatic rings. The number of hydrogen-bond donors (Lipinski definition) is 1. The summed E-state index contributed by atoms with van der Waals surface area (Å²) in [6.45, 7) is 9.96. The molecule has 1 heterocycles. The van der Waals surface area contributed by atoms with Gasteiger partial charge in [-0.25, -0.2) is 9.97 Å². The Morgan fingerprint density at radius 3 is 2.53 bits per heavy atom. The zero-order chi connectivity index (χ0) is 14.3. The van der Waals surface area contributed by atoms with Crippen LogP contribution in [0, 0.1) is 10.5 Å². The van der Waals surface area contributed by atoms with E-state index >= 15 is 0 Å². The summed E-state index contributed by atoms with van der Waals surface area (Å²) >= 11 is 2.30. The SMILES string of the molecule is CCCNc1nc(C(CCC)OCC)nc(C)c1I. The Hall–Kier alpha value is -0.430. The van der Waals surface area contributed by atoms with E-state index in [0.717, 1.165) is 46.7 Å². The third kappa shape index (κ3) is 4.87. The predicted molar refractivity (Wildman–Crippen MR) is 87.5 cm³/mol. The zero-order valence-electron chi connectivity index (χ0n) is 12.3. The highest BCUT2D eigenvalue weighted by Crippen LogP contribution is 2.25. The number of anilines is 1. The molecule has 108 valence electrons. The minimum atomic E-state index is 0.00729. The van der Waals surface area contributed by atoms with Crippen molar-refractivity contribution in [3.8, 4) is 0 Å². The number of hydrogen-bond acceptors (Lipinski definition) is 4. The molecule has 0 aliphatic heterocycles. The van der Waals surface area contributed by atoms with Gasteiger partial charge in [0, 0.05) is 13.2 Å². The first-order valence-corrected chi connectivity index (χ1v) is 8.11. The first-order chi connectivity index (χ1) is 9.13. The summed E-state index contributed by atoms with van der Waals surface area (Å²) in [5.74, 6) is 1.74. The van der Waals surface area contributed by atoms with Crippen molar-refractivity contribution >= 4 is 28.4 Å². The molecule has 0 spiro atoms. The van der Waals surface area contributed by atoms with Gasteiger partial charge < -0.3 is 10.1 Å². The highest BCUT2D eigenvalue weighted by molar-refractivity contribution is 14.1. The Morgan fingerprint density at radius 2 is 1.95 bits per heavy atom. The fourth-order valence-electron chi connectivity index (χ4n) is 1.84. The van der Waals surface area contributed by atoms with E-state index in [1.165, 1.54) is 0 Å². The van der Waals surface area contributed by atoms with Crippen LogP contribution in [0.2, 0.25) is 0 Å². The molecule has 1 aromatic heterocycles. The monoisotopic (exact) mass is 377 g/mol. The molecule has 19 heavy (non-hydrogen) atoms. The molecule has 0 saturated carbocycles. The fourth-order valence-corrected chi connectivity index (χ4v) is 2.27. The number of nitrogens with one attached hydrogen (secondary N) is 1. The van der Waals surface area contributed by atoms with E-state index in [9.17, 15) is 0 Å². The Balaban J connectivity index is 3.01. The molecule has 1 unspecified atom stereocenters. The second-order valence-corrected chi connectivity index (χ2v) is 5.57. The lowest BCUT2D eigenvalue weighted by atomic mass is 10.2. The summed E-state index contributed by atoms with van der Waals surface area (Å²) in [5, 5.41) is 3.37. The van der Waals surface area contributed by atoms with Crippen LogP contribution in [-0.2, 0) is 4.74 Å². The molecule has 0 aromatic carbocycles. The maximum absolute atomic E-state index is 5.77. The zero-order valence-corrected chi connectivity index (χ0v) is 14.5. The fraction of sp³-hybridized carbons (Fsp3) is 0.714. The summed E-state index contributed by atoms with van der Waals surface area (Å²) in [6, 6.07) is 0. The van der Waals surface area contributed by atoms with Gasteiger partial charge in [-0.2, -0.15) is 0 Å². The third-order valence-corrected chi connectivity index (χ3v) is 4.07. The van der Waals surface area contributed by atoms with Crippen LogP contribution in [0.3, 0.4) is 0 Å². The van der Waals surface area contributed by atoms with Crippen molar-refractivity contribution in [1.82, 2.24) is 9.97 Å². The van der Waals surface area contributed by atoms with Crippen LogP contribution in [0.15, 0.2) is 0 Å². The first kappa shape index (κ1) is 16.6. The topological polar surface area (TPSA) is 47.0 Å². The maximum atomic E-state index is 5.77. The van der Waals surface area contributed by atoms with E-state index in [0.29, 0.717) is 6.61 Å². The van der Waals surface area contributed by atoms with Crippen molar-refractivity contribution in [3.63, 3.8) is 0 Å². The molecule has 1 rings (SSSR count). The average Bonchev–Trinajstić information content (AvgIpc) is 2.40. The molecule has 0 amide bonds. The Labute approximate surface area is 129 Å². The van der Waals surface area contributed by atoms with Crippen LogP contribution in [0.1, 0.15) is 57.7 Å². The molecule has 0 radical (unpaired) electrons. The van der Waals surface area contributed by atoms with Gasteiger partial charge in [-0.3, -0.25) is 0 Å². The number of rotatable bonds is 8. The molecule has 0 saturated heterocycles. The van der Waals surface area contributed by atoms with Crippen LogP contribution in [0.25, 0.3) is 0 Å². The van der Waals surface area contributed by atoms with Crippen molar-refractivity contribution in [2.75, 3.05) is 18.5 Å². The number of ether oxygens (including phenoxy) is 1. The van der Waals surface area contributed by atoms with Gasteiger partial charge in [-0.05, 0) is 49.3 Å². The molecule has 0 aliphatic carbocycles. The van der Waals surface area contributed by atoms with Gasteiger partial charge in [0.2, 0.25) is 0 Å². The summed E-state index contributed by atoms with van der Waals surface area (Å²) in [6.07, 6.45) is 3.11. The second-order valence-electron chi connectivity index (χ2n) is 4.49. The molecular weight excluding hydrogens is 353 g/mol. The number of aromatic nitrogens is 2. The highest BCUT2D eigenvalue weighted by Gasteiger charge is 2.17. The molecule has 5 heteroatoms. The lowest BCUT2D eigenvalue weighted by Crippen LogP contribution is -2.14. The van der Waals surface area contributed by atoms with Gasteiger partial charge in [-0.1, -0.05) is 20.3 Å². The van der Waals surface area contributed by atoms with Crippen molar-refractivity contribution in [1.29, 1.82) is 0 Å². The van der Waals surface area contributed by atoms with Gasteiger partial charge in [0.15, 0.2) is 5.82 Å². The Kier molecular flexibility index (Phi) is 7.60. The average molecular weight is 377 g/mol. The summed E-state index contributed by atoms with van der Waals surface area (Å²) in [5.41, 5.74) is 1.02. The van der Waals surface area contributed by atoms with Gasteiger partial charge >= 0.3 is 0 Å². The summed E-state index contributed by atoms with van der Waals surface area (Å²) < 4.78 is 6.87. The van der Waals surface area contributed by atoms with Crippen LogP contribution in [0.4, 0.5) is 5.82 Å². The smallest absolute Gasteiger partial charge is 0.159 e. The Morgan fingerprint density at radius 1 is 1.21 bits per heavy atom. The van der Waals surface area contributed by atoms with E-state index in [2.05, 4.69) is 51.7 Å². The molecule has 0 bridgehead atoms. The van der Waals surface area contributed by atoms with E-state index < -0.39 is 0 Å². The predicted octanol–water partition coefficient (Wildman–Crippen LogP) is 4.09.